The first-order valence-corrected chi connectivity index (χ1v) is 6.82. The van der Waals surface area contributed by atoms with Crippen LogP contribution in [0.3, 0.4) is 0 Å². The highest BCUT2D eigenvalue weighted by Crippen LogP contribution is 2.23. The second-order valence-electron chi connectivity index (χ2n) is 5.24. The first-order chi connectivity index (χ1) is 9.11. The van der Waals surface area contributed by atoms with E-state index in [0.29, 0.717) is 12.5 Å². The minimum atomic E-state index is -0.336. The number of aromatic amines is 1. The average molecular weight is 263 g/mol. The fourth-order valence-corrected chi connectivity index (χ4v) is 2.68. The Balaban J connectivity index is 2.09. The summed E-state index contributed by atoms with van der Waals surface area (Å²) < 4.78 is 0. The molecule has 1 aliphatic carbocycles. The van der Waals surface area contributed by atoms with Gasteiger partial charge < -0.3 is 16.0 Å². The van der Waals surface area contributed by atoms with Crippen molar-refractivity contribution in [2.75, 3.05) is 6.54 Å². The number of nitrogens with one attached hydrogen (secondary N) is 2. The number of carbonyl (C=O) groups excluding carboxylic acids is 1. The molecule has 2 unspecified atom stereocenters. The molecule has 1 fully saturated rings. The fraction of sp³-hybridized carbons (Fsp3) is 0.571. The second-order valence-corrected chi connectivity index (χ2v) is 5.24. The summed E-state index contributed by atoms with van der Waals surface area (Å²) >= 11 is 0. The maximum Gasteiger partial charge on any atom is 0.260 e. The normalized spacial score (nSPS) is 23.1. The van der Waals surface area contributed by atoms with Gasteiger partial charge in [0, 0.05) is 11.7 Å². The van der Waals surface area contributed by atoms with Crippen molar-refractivity contribution in [2.45, 2.75) is 38.6 Å². The van der Waals surface area contributed by atoms with Gasteiger partial charge >= 0.3 is 0 Å². The summed E-state index contributed by atoms with van der Waals surface area (Å²) in [5.41, 5.74) is 6.33. The maximum atomic E-state index is 12.1. The first-order valence-electron chi connectivity index (χ1n) is 6.82. The van der Waals surface area contributed by atoms with Gasteiger partial charge in [0.25, 0.3) is 11.5 Å². The molecule has 104 valence electrons. The predicted octanol–water partition coefficient (Wildman–Crippen LogP) is 0.931. The molecule has 2 rings (SSSR count). The second kappa shape index (κ2) is 6.02. The van der Waals surface area contributed by atoms with Crippen LogP contribution in [-0.4, -0.2) is 23.5 Å². The van der Waals surface area contributed by atoms with E-state index in [1.54, 1.807) is 19.1 Å². The molecule has 1 aromatic heterocycles. The summed E-state index contributed by atoms with van der Waals surface area (Å²) in [6, 6.07) is 3.40. The number of H-pyrrole nitrogens is 1. The number of nitrogens with two attached hydrogens (primary N) is 1. The zero-order valence-corrected chi connectivity index (χ0v) is 11.2. The van der Waals surface area contributed by atoms with Gasteiger partial charge in [0.15, 0.2) is 0 Å². The fourth-order valence-electron chi connectivity index (χ4n) is 2.68. The lowest BCUT2D eigenvalue weighted by atomic mass is 9.84. The molecule has 19 heavy (non-hydrogen) atoms. The molecule has 0 spiro atoms. The Kier molecular flexibility index (Phi) is 4.37. The average Bonchev–Trinajstić information content (AvgIpc) is 2.39. The third-order valence-electron chi connectivity index (χ3n) is 3.83. The molecule has 2 atom stereocenters. The van der Waals surface area contributed by atoms with Crippen LogP contribution in [0.1, 0.15) is 41.7 Å². The predicted molar refractivity (Wildman–Crippen MR) is 74.1 cm³/mol. The lowest BCUT2D eigenvalue weighted by molar-refractivity contribution is 0.0906. The molecule has 4 N–H and O–H groups in total. The van der Waals surface area contributed by atoms with E-state index in [4.69, 9.17) is 5.73 Å². The summed E-state index contributed by atoms with van der Waals surface area (Å²) in [5, 5.41) is 2.96. The highest BCUT2D eigenvalue weighted by molar-refractivity contribution is 5.94. The summed E-state index contributed by atoms with van der Waals surface area (Å²) in [7, 11) is 0. The smallest absolute Gasteiger partial charge is 0.260 e. The lowest BCUT2D eigenvalue weighted by Gasteiger charge is -2.31. The van der Waals surface area contributed by atoms with E-state index >= 15 is 0 Å². The topological polar surface area (TPSA) is 88.0 Å². The number of amides is 1. The third kappa shape index (κ3) is 3.23. The minimum Gasteiger partial charge on any atom is -0.349 e. The quantitative estimate of drug-likeness (QED) is 0.758. The molecule has 5 heteroatoms. The number of hydrogen-bond acceptors (Lipinski definition) is 3. The van der Waals surface area contributed by atoms with Crippen molar-refractivity contribution in [1.82, 2.24) is 10.3 Å². The van der Waals surface area contributed by atoms with Gasteiger partial charge in [-0.15, -0.1) is 0 Å². The largest absolute Gasteiger partial charge is 0.349 e. The number of aromatic nitrogens is 1. The summed E-state index contributed by atoms with van der Waals surface area (Å²) in [5.74, 6) is 0.0221. The van der Waals surface area contributed by atoms with Gasteiger partial charge in [-0.05, 0) is 44.4 Å². The molecule has 1 saturated carbocycles. The van der Waals surface area contributed by atoms with Gasteiger partial charge in [0.2, 0.25) is 0 Å². The molecule has 5 nitrogen and oxygen atoms in total. The molecule has 1 heterocycles. The highest BCUT2D eigenvalue weighted by atomic mass is 16.2. The van der Waals surface area contributed by atoms with Gasteiger partial charge in [-0.1, -0.05) is 12.8 Å². The van der Waals surface area contributed by atoms with E-state index in [-0.39, 0.29) is 23.1 Å². The number of pyridine rings is 1. The van der Waals surface area contributed by atoms with Crippen LogP contribution in [0.25, 0.3) is 0 Å². The Morgan fingerprint density at radius 1 is 1.42 bits per heavy atom. The van der Waals surface area contributed by atoms with Gasteiger partial charge in [0.05, 0.1) is 0 Å². The number of hydrogen-bond donors (Lipinski definition) is 3. The van der Waals surface area contributed by atoms with Crippen LogP contribution in [-0.2, 0) is 0 Å². The Morgan fingerprint density at radius 2 is 2.16 bits per heavy atom. The van der Waals surface area contributed by atoms with Gasteiger partial charge in [-0.2, -0.15) is 0 Å². The van der Waals surface area contributed by atoms with E-state index in [1.807, 2.05) is 0 Å². The first kappa shape index (κ1) is 13.8. The van der Waals surface area contributed by atoms with Crippen molar-refractivity contribution in [2.24, 2.45) is 11.7 Å². The van der Waals surface area contributed by atoms with Crippen molar-refractivity contribution in [3.05, 3.63) is 33.7 Å². The van der Waals surface area contributed by atoms with E-state index in [2.05, 4.69) is 10.3 Å². The van der Waals surface area contributed by atoms with Crippen LogP contribution in [0.5, 0.6) is 0 Å². The minimum absolute atomic E-state index is 0.0898. The van der Waals surface area contributed by atoms with Crippen LogP contribution in [0.2, 0.25) is 0 Å². The summed E-state index contributed by atoms with van der Waals surface area (Å²) in [6.45, 7) is 2.36. The molecular formula is C14H21N3O2. The molecule has 0 saturated heterocycles. The number of carbonyl (C=O) groups is 1. The summed E-state index contributed by atoms with van der Waals surface area (Å²) in [4.78, 5) is 26.5. The van der Waals surface area contributed by atoms with E-state index in [0.717, 1.165) is 25.0 Å². The molecule has 1 amide bonds. The molecule has 0 bridgehead atoms. The van der Waals surface area contributed by atoms with Crippen LogP contribution in [0, 0.1) is 12.8 Å². The van der Waals surface area contributed by atoms with Crippen molar-refractivity contribution in [1.29, 1.82) is 0 Å². The Hall–Kier alpha value is -1.62. The van der Waals surface area contributed by atoms with Crippen LogP contribution in [0.15, 0.2) is 16.9 Å². The van der Waals surface area contributed by atoms with Gasteiger partial charge in [-0.3, -0.25) is 9.59 Å². The third-order valence-corrected chi connectivity index (χ3v) is 3.83. The van der Waals surface area contributed by atoms with Crippen molar-refractivity contribution < 1.29 is 4.79 Å². The van der Waals surface area contributed by atoms with Crippen LogP contribution >= 0.6 is 0 Å². The molecule has 0 radical (unpaired) electrons. The molecule has 0 aliphatic heterocycles. The molecule has 0 aromatic carbocycles. The maximum absolute atomic E-state index is 12.1. The van der Waals surface area contributed by atoms with E-state index < -0.39 is 0 Å². The van der Waals surface area contributed by atoms with Gasteiger partial charge in [0.1, 0.15) is 5.56 Å². The Morgan fingerprint density at radius 3 is 2.84 bits per heavy atom. The summed E-state index contributed by atoms with van der Waals surface area (Å²) in [6.07, 6.45) is 4.26. The Labute approximate surface area is 112 Å². The highest BCUT2D eigenvalue weighted by Gasteiger charge is 2.26. The van der Waals surface area contributed by atoms with Crippen LogP contribution in [0.4, 0.5) is 0 Å². The molecule has 1 aliphatic rings. The number of aryl methyl sites for hydroxylation is 1. The van der Waals surface area contributed by atoms with Crippen molar-refractivity contribution in [3.8, 4) is 0 Å². The molecular weight excluding hydrogens is 242 g/mol. The lowest BCUT2D eigenvalue weighted by Crippen LogP contribution is -2.45. The van der Waals surface area contributed by atoms with Crippen molar-refractivity contribution >= 4 is 5.91 Å². The van der Waals surface area contributed by atoms with Crippen molar-refractivity contribution in [3.63, 3.8) is 0 Å². The van der Waals surface area contributed by atoms with E-state index in [1.165, 1.54) is 6.42 Å². The van der Waals surface area contributed by atoms with Crippen LogP contribution < -0.4 is 16.6 Å². The monoisotopic (exact) mass is 263 g/mol. The standard InChI is InChI=1S/C14H21N3O2/c1-9-6-7-11(13(18)16-9)14(19)17-12-5-3-2-4-10(12)8-15/h6-7,10,12H,2-5,8,15H2,1H3,(H,16,18)(H,17,19). The van der Waals surface area contributed by atoms with Gasteiger partial charge in [-0.25, -0.2) is 0 Å². The number of rotatable bonds is 3. The Bertz CT molecular complexity index is 510. The SMILES string of the molecule is Cc1ccc(C(=O)NC2CCCCC2CN)c(=O)[nH]1. The van der Waals surface area contributed by atoms with E-state index in [9.17, 15) is 9.59 Å². The molecule has 1 aromatic rings. The zero-order valence-electron chi connectivity index (χ0n) is 11.2. The zero-order chi connectivity index (χ0) is 13.8.